The van der Waals surface area contributed by atoms with Crippen molar-refractivity contribution in [1.82, 2.24) is 9.97 Å². The van der Waals surface area contributed by atoms with Crippen LogP contribution in [0.15, 0.2) is 54.6 Å². The molecule has 0 unspecified atom stereocenters. The van der Waals surface area contributed by atoms with Crippen LogP contribution in [0.3, 0.4) is 0 Å². The van der Waals surface area contributed by atoms with Crippen LogP contribution >= 0.6 is 0 Å². The quantitative estimate of drug-likeness (QED) is 0.688. The summed E-state index contributed by atoms with van der Waals surface area (Å²) in [6.07, 6.45) is 6.49. The normalized spacial score (nSPS) is 18.6. The van der Waals surface area contributed by atoms with Crippen LogP contribution in [0.2, 0.25) is 0 Å². The Morgan fingerprint density at radius 1 is 0.867 bits per heavy atom. The van der Waals surface area contributed by atoms with Gasteiger partial charge in [-0.3, -0.25) is 0 Å². The zero-order chi connectivity index (χ0) is 20.2. The number of para-hydroxylation sites is 1. The van der Waals surface area contributed by atoms with E-state index in [4.69, 9.17) is 9.97 Å². The molecule has 0 atom stereocenters. The molecule has 0 radical (unpaired) electrons. The number of hydrogen-bond acceptors (Lipinski definition) is 4. The van der Waals surface area contributed by atoms with Crippen LogP contribution in [-0.2, 0) is 6.54 Å². The van der Waals surface area contributed by atoms with Crippen molar-refractivity contribution in [3.63, 3.8) is 0 Å². The largest absolute Gasteiger partial charge is 0.367 e. The van der Waals surface area contributed by atoms with E-state index in [1.54, 1.807) is 4.90 Å². The molecule has 2 heterocycles. The molecule has 5 nitrogen and oxygen atoms in total. The van der Waals surface area contributed by atoms with Gasteiger partial charge in [0.1, 0.15) is 12.4 Å². The van der Waals surface area contributed by atoms with Crippen LogP contribution in [0.4, 0.5) is 11.8 Å². The Kier molecular flexibility index (Phi) is 5.80. The number of benzene rings is 2. The number of piperazine rings is 1. The lowest BCUT2D eigenvalue weighted by Gasteiger charge is -2.33. The zero-order valence-corrected chi connectivity index (χ0v) is 17.7. The Morgan fingerprint density at radius 3 is 2.40 bits per heavy atom. The smallest absolute Gasteiger partial charge is 0.228 e. The molecular formula is C25H32N5+. The van der Waals surface area contributed by atoms with E-state index in [9.17, 15) is 0 Å². The molecule has 2 fully saturated rings. The second-order valence-corrected chi connectivity index (χ2v) is 8.77. The maximum Gasteiger partial charge on any atom is 0.228 e. The highest BCUT2D eigenvalue weighted by atomic mass is 15.3. The third-order valence-corrected chi connectivity index (χ3v) is 6.59. The monoisotopic (exact) mass is 402 g/mol. The molecule has 5 rings (SSSR count). The molecule has 0 amide bonds. The van der Waals surface area contributed by atoms with Gasteiger partial charge in [0.15, 0.2) is 0 Å². The molecule has 1 aliphatic carbocycles. The van der Waals surface area contributed by atoms with Gasteiger partial charge in [-0.05, 0) is 25.0 Å². The molecule has 2 N–H and O–H groups in total. The molecule has 0 bridgehead atoms. The first kappa shape index (κ1) is 19.3. The fraction of sp³-hybridized carbons (Fsp3) is 0.440. The van der Waals surface area contributed by atoms with Gasteiger partial charge in [-0.2, -0.15) is 4.98 Å². The summed E-state index contributed by atoms with van der Waals surface area (Å²) in [5.74, 6) is 1.90. The van der Waals surface area contributed by atoms with Crippen LogP contribution in [0.1, 0.15) is 37.7 Å². The van der Waals surface area contributed by atoms with Crippen LogP contribution in [0.25, 0.3) is 10.9 Å². The maximum absolute atomic E-state index is 5.02. The Hall–Kier alpha value is -2.66. The second-order valence-electron chi connectivity index (χ2n) is 8.77. The first-order valence-corrected chi connectivity index (χ1v) is 11.5. The average Bonchev–Trinajstić information content (AvgIpc) is 2.81. The first-order chi connectivity index (χ1) is 14.8. The zero-order valence-electron chi connectivity index (χ0n) is 17.7. The Labute approximate surface area is 179 Å². The SMILES string of the molecule is c1ccc(C[NH+]2CCN(c3nc(NC4CCCCC4)c4ccccc4n3)CC2)cc1. The second kappa shape index (κ2) is 9.00. The van der Waals surface area contributed by atoms with Gasteiger partial charge in [-0.25, -0.2) is 4.98 Å². The minimum atomic E-state index is 0.539. The van der Waals surface area contributed by atoms with Crippen molar-refractivity contribution in [1.29, 1.82) is 0 Å². The molecule has 2 aromatic carbocycles. The summed E-state index contributed by atoms with van der Waals surface area (Å²) in [5, 5.41) is 4.90. The minimum absolute atomic E-state index is 0.539. The Bertz CT molecular complexity index is 960. The van der Waals surface area contributed by atoms with Crippen LogP contribution in [0, 0.1) is 0 Å². The molecule has 5 heteroatoms. The summed E-state index contributed by atoms with van der Waals surface area (Å²) in [5.41, 5.74) is 2.46. The van der Waals surface area contributed by atoms with Gasteiger partial charge in [0.2, 0.25) is 5.95 Å². The van der Waals surface area contributed by atoms with Crippen molar-refractivity contribution < 1.29 is 4.90 Å². The van der Waals surface area contributed by atoms with E-state index < -0.39 is 0 Å². The molecule has 0 spiro atoms. The van der Waals surface area contributed by atoms with Crippen LogP contribution < -0.4 is 15.1 Å². The third kappa shape index (κ3) is 4.41. The van der Waals surface area contributed by atoms with Crippen LogP contribution in [0.5, 0.6) is 0 Å². The molecule has 1 saturated heterocycles. The number of quaternary nitrogens is 1. The highest BCUT2D eigenvalue weighted by Crippen LogP contribution is 2.27. The standard InChI is InChI=1S/C25H31N5/c1-3-9-20(10-4-1)19-29-15-17-30(18-16-29)25-27-23-14-8-7-13-22(23)24(28-25)26-21-11-5-2-6-12-21/h1,3-4,7-10,13-14,21H,2,5-6,11-12,15-19H2,(H,26,27,28)/p+1. The maximum atomic E-state index is 5.02. The topological polar surface area (TPSA) is 45.5 Å². The fourth-order valence-corrected chi connectivity index (χ4v) is 4.84. The summed E-state index contributed by atoms with van der Waals surface area (Å²) in [6, 6.07) is 19.8. The summed E-state index contributed by atoms with van der Waals surface area (Å²) in [6.45, 7) is 5.35. The van der Waals surface area contributed by atoms with E-state index in [1.807, 2.05) is 0 Å². The average molecular weight is 403 g/mol. The first-order valence-electron chi connectivity index (χ1n) is 11.5. The summed E-state index contributed by atoms with van der Waals surface area (Å²) < 4.78 is 0. The highest BCUT2D eigenvalue weighted by molar-refractivity contribution is 5.90. The van der Waals surface area contributed by atoms with Gasteiger partial charge in [0.25, 0.3) is 0 Å². The molecule has 2 aliphatic rings. The van der Waals surface area contributed by atoms with Crippen LogP contribution in [-0.4, -0.2) is 42.2 Å². The van der Waals surface area contributed by atoms with E-state index in [0.29, 0.717) is 6.04 Å². The number of aromatic nitrogens is 2. The van der Waals surface area contributed by atoms with Crippen molar-refractivity contribution >= 4 is 22.7 Å². The fourth-order valence-electron chi connectivity index (χ4n) is 4.84. The van der Waals surface area contributed by atoms with Crippen molar-refractivity contribution in [2.75, 3.05) is 36.4 Å². The molecular weight excluding hydrogens is 370 g/mol. The minimum Gasteiger partial charge on any atom is -0.367 e. The van der Waals surface area contributed by atoms with E-state index in [0.717, 1.165) is 55.4 Å². The number of nitrogens with one attached hydrogen (secondary N) is 2. The van der Waals surface area contributed by atoms with Gasteiger partial charge < -0.3 is 15.1 Å². The number of hydrogen-bond donors (Lipinski definition) is 2. The van der Waals surface area contributed by atoms with Gasteiger partial charge in [-0.1, -0.05) is 61.7 Å². The van der Waals surface area contributed by atoms with E-state index >= 15 is 0 Å². The summed E-state index contributed by atoms with van der Waals surface area (Å²) in [4.78, 5) is 14.0. The van der Waals surface area contributed by atoms with Gasteiger partial charge in [-0.15, -0.1) is 0 Å². The van der Waals surface area contributed by atoms with Gasteiger partial charge in [0, 0.05) is 17.0 Å². The molecule has 3 aromatic rings. The lowest BCUT2D eigenvalue weighted by molar-refractivity contribution is -0.914. The van der Waals surface area contributed by atoms with Gasteiger partial charge >= 0.3 is 0 Å². The van der Waals surface area contributed by atoms with Gasteiger partial charge in [0.05, 0.1) is 31.7 Å². The molecule has 1 saturated carbocycles. The number of fused-ring (bicyclic) bond motifs is 1. The summed E-state index contributed by atoms with van der Waals surface area (Å²) >= 11 is 0. The molecule has 1 aliphatic heterocycles. The lowest BCUT2D eigenvalue weighted by Crippen LogP contribution is -3.13. The van der Waals surface area contributed by atoms with Crippen molar-refractivity contribution in [2.24, 2.45) is 0 Å². The number of rotatable bonds is 5. The highest BCUT2D eigenvalue weighted by Gasteiger charge is 2.23. The van der Waals surface area contributed by atoms with Crippen molar-refractivity contribution in [3.8, 4) is 0 Å². The predicted octanol–water partition coefficient (Wildman–Crippen LogP) is 3.28. The molecule has 30 heavy (non-hydrogen) atoms. The predicted molar refractivity (Wildman–Crippen MR) is 123 cm³/mol. The molecule has 156 valence electrons. The third-order valence-electron chi connectivity index (χ3n) is 6.59. The van der Waals surface area contributed by atoms with E-state index in [-0.39, 0.29) is 0 Å². The van der Waals surface area contributed by atoms with E-state index in [1.165, 1.54) is 37.7 Å². The van der Waals surface area contributed by atoms with Crippen molar-refractivity contribution in [3.05, 3.63) is 60.2 Å². The summed E-state index contributed by atoms with van der Waals surface area (Å²) in [7, 11) is 0. The van der Waals surface area contributed by atoms with E-state index in [2.05, 4.69) is 64.8 Å². The number of anilines is 2. The Balaban J connectivity index is 1.32. The Morgan fingerprint density at radius 2 is 1.60 bits per heavy atom. The lowest BCUT2D eigenvalue weighted by atomic mass is 9.95. The number of nitrogens with zero attached hydrogens (tertiary/aromatic N) is 3. The van der Waals surface area contributed by atoms with Crippen molar-refractivity contribution in [2.45, 2.75) is 44.7 Å². The molecule has 1 aromatic heterocycles.